The number of aromatic nitrogens is 1. The summed E-state index contributed by atoms with van der Waals surface area (Å²) in [4.78, 5) is 43.0. The number of rotatable bonds is 17. The number of hydrogen-bond donors (Lipinski definition) is 5. The van der Waals surface area contributed by atoms with Gasteiger partial charge in [-0.15, -0.1) is 0 Å². The average molecular weight is 555 g/mol. The van der Waals surface area contributed by atoms with E-state index in [0.29, 0.717) is 24.9 Å². The van der Waals surface area contributed by atoms with Gasteiger partial charge in [0.2, 0.25) is 11.8 Å². The minimum Gasteiger partial charge on any atom is -0.390 e. The highest BCUT2D eigenvalue weighted by Crippen LogP contribution is 2.18. The van der Waals surface area contributed by atoms with E-state index in [1.807, 2.05) is 44.2 Å². The topological polar surface area (TPSA) is 141 Å². The molecule has 220 valence electrons. The molecule has 0 fully saturated rings. The van der Waals surface area contributed by atoms with Crippen LogP contribution in [0.2, 0.25) is 0 Å². The van der Waals surface area contributed by atoms with Crippen LogP contribution in [0.5, 0.6) is 0 Å². The van der Waals surface area contributed by atoms with Crippen molar-refractivity contribution < 1.29 is 24.6 Å². The lowest BCUT2D eigenvalue weighted by molar-refractivity contribution is -0.133. The number of aliphatic hydroxyl groups is 2. The third kappa shape index (κ3) is 11.1. The first kappa shape index (κ1) is 32.9. The summed E-state index contributed by atoms with van der Waals surface area (Å²) in [6, 6.07) is 11.0. The van der Waals surface area contributed by atoms with Gasteiger partial charge in [-0.05, 0) is 36.5 Å². The van der Waals surface area contributed by atoms with Gasteiger partial charge in [-0.1, -0.05) is 83.7 Å². The molecule has 0 saturated heterocycles. The molecular formula is C31H46N4O5. The van der Waals surface area contributed by atoms with Gasteiger partial charge in [0.05, 0.1) is 23.6 Å². The van der Waals surface area contributed by atoms with Crippen LogP contribution in [0.3, 0.4) is 0 Å². The van der Waals surface area contributed by atoms with Crippen LogP contribution in [-0.2, 0) is 16.1 Å². The summed E-state index contributed by atoms with van der Waals surface area (Å²) < 4.78 is 0. The highest BCUT2D eigenvalue weighted by molar-refractivity contribution is 5.97. The summed E-state index contributed by atoms with van der Waals surface area (Å²) in [6.45, 7) is 7.84. The van der Waals surface area contributed by atoms with Crippen LogP contribution in [0.4, 0.5) is 0 Å². The number of hydrogen-bond acceptors (Lipinski definition) is 6. The molecule has 0 bridgehead atoms. The van der Waals surface area contributed by atoms with E-state index in [-0.39, 0.29) is 5.92 Å². The maximum atomic E-state index is 13.4. The molecule has 0 spiro atoms. The van der Waals surface area contributed by atoms with Gasteiger partial charge < -0.3 is 26.2 Å². The number of carbonyl (C=O) groups is 3. The first-order valence-corrected chi connectivity index (χ1v) is 14.3. The van der Waals surface area contributed by atoms with Crippen molar-refractivity contribution in [2.75, 3.05) is 0 Å². The normalized spacial score (nSPS) is 15.0. The third-order valence-corrected chi connectivity index (χ3v) is 6.94. The van der Waals surface area contributed by atoms with Gasteiger partial charge in [0.1, 0.15) is 12.1 Å². The molecule has 9 heteroatoms. The van der Waals surface area contributed by atoms with Gasteiger partial charge in [0.15, 0.2) is 0 Å². The molecule has 1 aromatic heterocycles. The molecule has 0 aliphatic heterocycles. The van der Waals surface area contributed by atoms with Crippen molar-refractivity contribution in [3.8, 4) is 0 Å². The van der Waals surface area contributed by atoms with Crippen molar-refractivity contribution in [1.29, 1.82) is 0 Å². The Morgan fingerprint density at radius 1 is 0.875 bits per heavy atom. The van der Waals surface area contributed by atoms with Gasteiger partial charge in [0, 0.05) is 18.9 Å². The molecule has 2 aromatic rings. The van der Waals surface area contributed by atoms with E-state index in [1.54, 1.807) is 25.3 Å². The maximum absolute atomic E-state index is 13.4. The lowest BCUT2D eigenvalue weighted by Gasteiger charge is -2.32. The molecule has 1 heterocycles. The van der Waals surface area contributed by atoms with E-state index in [4.69, 9.17) is 0 Å². The molecule has 0 radical (unpaired) electrons. The Bertz CT molecular complexity index is 1030. The highest BCUT2D eigenvalue weighted by Gasteiger charge is 2.35. The Balaban J connectivity index is 2.10. The Morgan fingerprint density at radius 3 is 2.23 bits per heavy atom. The summed E-state index contributed by atoms with van der Waals surface area (Å²) in [5.41, 5.74) is 1.26. The summed E-state index contributed by atoms with van der Waals surface area (Å²) in [6.07, 6.45) is 4.75. The molecular weight excluding hydrogens is 508 g/mol. The van der Waals surface area contributed by atoms with Crippen molar-refractivity contribution in [3.63, 3.8) is 0 Å². The van der Waals surface area contributed by atoms with Gasteiger partial charge in [-0.3, -0.25) is 19.4 Å². The Morgan fingerprint density at radius 2 is 1.60 bits per heavy atom. The summed E-state index contributed by atoms with van der Waals surface area (Å²) in [5.74, 6) is -2.08. The Kier molecular flexibility index (Phi) is 14.3. The number of carbonyl (C=O) groups excluding carboxylic acids is 3. The van der Waals surface area contributed by atoms with Crippen molar-refractivity contribution in [1.82, 2.24) is 20.9 Å². The van der Waals surface area contributed by atoms with E-state index in [1.165, 1.54) is 6.20 Å². The standard InChI is InChI=1S/C31H46N4O5/c1-5-6-7-11-16-25(34-30(39)24-15-12-17-32-20-24)31(40)35-26(18-21(2)3)28(37)27(36)22(4)29(38)33-19-23-13-9-8-10-14-23/h8-10,12-15,17,20-22,25-28,36-37H,5-7,11,16,18-19H2,1-4H3,(H,33,38)(H,34,39)(H,35,40)/t22-,25?,26+,27-,28-/m1/s1. The molecule has 3 amide bonds. The fourth-order valence-electron chi connectivity index (χ4n) is 4.49. The average Bonchev–Trinajstić information content (AvgIpc) is 2.96. The third-order valence-electron chi connectivity index (χ3n) is 6.94. The second kappa shape index (κ2) is 17.4. The van der Waals surface area contributed by atoms with Crippen LogP contribution >= 0.6 is 0 Å². The van der Waals surface area contributed by atoms with Crippen LogP contribution < -0.4 is 16.0 Å². The Hall–Kier alpha value is -3.30. The van der Waals surface area contributed by atoms with Crippen LogP contribution in [0.25, 0.3) is 0 Å². The van der Waals surface area contributed by atoms with Gasteiger partial charge in [-0.25, -0.2) is 0 Å². The van der Waals surface area contributed by atoms with Crippen molar-refractivity contribution in [2.45, 2.75) is 97.1 Å². The van der Waals surface area contributed by atoms with E-state index >= 15 is 0 Å². The van der Waals surface area contributed by atoms with Crippen LogP contribution in [0.1, 0.15) is 82.1 Å². The lowest BCUT2D eigenvalue weighted by Crippen LogP contribution is -2.56. The van der Waals surface area contributed by atoms with Crippen molar-refractivity contribution in [2.24, 2.45) is 11.8 Å². The molecule has 5 atom stereocenters. The summed E-state index contributed by atoms with van der Waals surface area (Å²) in [7, 11) is 0. The summed E-state index contributed by atoms with van der Waals surface area (Å²) in [5, 5.41) is 30.5. The molecule has 1 unspecified atom stereocenters. The number of unbranched alkanes of at least 4 members (excludes halogenated alkanes) is 3. The van der Waals surface area contributed by atoms with Crippen LogP contribution in [0, 0.1) is 11.8 Å². The molecule has 1 aromatic carbocycles. The number of benzene rings is 1. The largest absolute Gasteiger partial charge is 0.390 e. The van der Waals surface area contributed by atoms with E-state index in [9.17, 15) is 24.6 Å². The molecule has 0 aliphatic rings. The Labute approximate surface area is 238 Å². The second-order valence-corrected chi connectivity index (χ2v) is 10.8. The van der Waals surface area contributed by atoms with Crippen molar-refractivity contribution in [3.05, 3.63) is 66.0 Å². The predicted octanol–water partition coefficient (Wildman–Crippen LogP) is 3.36. The van der Waals surface area contributed by atoms with Gasteiger partial charge >= 0.3 is 0 Å². The maximum Gasteiger partial charge on any atom is 0.253 e. The predicted molar refractivity (Wildman–Crippen MR) is 155 cm³/mol. The number of pyridine rings is 1. The molecule has 9 nitrogen and oxygen atoms in total. The first-order chi connectivity index (χ1) is 19.1. The SMILES string of the molecule is CCCCCCC(NC(=O)c1cccnc1)C(=O)N[C@@H](CC(C)C)[C@@H](O)[C@H](O)[C@@H](C)C(=O)NCc1ccccc1. The molecule has 5 N–H and O–H groups in total. The summed E-state index contributed by atoms with van der Waals surface area (Å²) >= 11 is 0. The highest BCUT2D eigenvalue weighted by atomic mass is 16.3. The van der Waals surface area contributed by atoms with Crippen molar-refractivity contribution >= 4 is 17.7 Å². The molecule has 2 rings (SSSR count). The molecule has 0 saturated carbocycles. The number of nitrogens with one attached hydrogen (secondary N) is 3. The lowest BCUT2D eigenvalue weighted by atomic mass is 9.89. The number of nitrogens with zero attached hydrogens (tertiary/aromatic N) is 1. The van der Waals surface area contributed by atoms with E-state index in [0.717, 1.165) is 31.2 Å². The quantitative estimate of drug-likeness (QED) is 0.190. The zero-order chi connectivity index (χ0) is 29.5. The number of amides is 3. The smallest absolute Gasteiger partial charge is 0.253 e. The first-order valence-electron chi connectivity index (χ1n) is 14.3. The molecule has 0 aliphatic carbocycles. The van der Waals surface area contributed by atoms with E-state index in [2.05, 4.69) is 27.9 Å². The minimum atomic E-state index is -1.41. The molecule has 40 heavy (non-hydrogen) atoms. The fraction of sp³-hybridized carbons (Fsp3) is 0.548. The number of aliphatic hydroxyl groups excluding tert-OH is 2. The second-order valence-electron chi connectivity index (χ2n) is 10.8. The zero-order valence-electron chi connectivity index (χ0n) is 24.2. The van der Waals surface area contributed by atoms with Crippen LogP contribution in [0.15, 0.2) is 54.9 Å². The van der Waals surface area contributed by atoms with Gasteiger partial charge in [-0.2, -0.15) is 0 Å². The fourth-order valence-corrected chi connectivity index (χ4v) is 4.49. The minimum absolute atomic E-state index is 0.0855. The van der Waals surface area contributed by atoms with Gasteiger partial charge in [0.25, 0.3) is 5.91 Å². The zero-order valence-corrected chi connectivity index (χ0v) is 24.2. The van der Waals surface area contributed by atoms with E-state index < -0.39 is 47.9 Å². The monoisotopic (exact) mass is 554 g/mol. The van der Waals surface area contributed by atoms with Crippen LogP contribution in [-0.4, -0.2) is 57.2 Å².